The van der Waals surface area contributed by atoms with E-state index in [2.05, 4.69) is 6.08 Å². The van der Waals surface area contributed by atoms with Gasteiger partial charge in [-0.15, -0.1) is 0 Å². The number of Topliss-reactive ketones (excluding diaryl/α,β-unsaturated/α-hetero) is 1. The third kappa shape index (κ3) is 1.92. The van der Waals surface area contributed by atoms with Crippen molar-refractivity contribution in [2.75, 3.05) is 0 Å². The van der Waals surface area contributed by atoms with Crippen molar-refractivity contribution in [3.63, 3.8) is 0 Å². The highest BCUT2D eigenvalue weighted by atomic mass is 16.1. The highest BCUT2D eigenvalue weighted by Crippen LogP contribution is 2.27. The Hall–Kier alpha value is -0.590. The first-order valence-corrected chi connectivity index (χ1v) is 4.25. The van der Waals surface area contributed by atoms with Crippen LogP contribution in [-0.4, -0.2) is 5.78 Å². The number of ketones is 1. The second kappa shape index (κ2) is 2.80. The minimum atomic E-state index is -0.184. The maximum atomic E-state index is 11.6. The minimum Gasteiger partial charge on any atom is -0.294 e. The van der Waals surface area contributed by atoms with Gasteiger partial charge in [0, 0.05) is 5.41 Å². The van der Waals surface area contributed by atoms with Gasteiger partial charge in [0.15, 0.2) is 5.78 Å². The first kappa shape index (κ1) is 8.51. The van der Waals surface area contributed by atoms with E-state index < -0.39 is 0 Å². The minimum absolute atomic E-state index is 0.184. The third-order valence-electron chi connectivity index (χ3n) is 2.01. The van der Waals surface area contributed by atoms with Gasteiger partial charge in [-0.25, -0.2) is 0 Å². The van der Waals surface area contributed by atoms with Crippen LogP contribution in [0.15, 0.2) is 11.6 Å². The molecule has 1 aliphatic carbocycles. The summed E-state index contributed by atoms with van der Waals surface area (Å²) in [4.78, 5) is 11.6. The number of hydrogen-bond acceptors (Lipinski definition) is 1. The van der Waals surface area contributed by atoms with Gasteiger partial charge < -0.3 is 0 Å². The highest BCUT2D eigenvalue weighted by Gasteiger charge is 2.25. The van der Waals surface area contributed by atoms with Crippen LogP contribution in [0.5, 0.6) is 0 Å². The molecular formula is C10H16O. The summed E-state index contributed by atoms with van der Waals surface area (Å²) in [7, 11) is 0. The van der Waals surface area contributed by atoms with E-state index in [-0.39, 0.29) is 5.41 Å². The average molecular weight is 152 g/mol. The lowest BCUT2D eigenvalue weighted by atomic mass is 9.86. The second-order valence-electron chi connectivity index (χ2n) is 4.20. The number of carbonyl (C=O) groups is 1. The van der Waals surface area contributed by atoms with E-state index in [1.807, 2.05) is 20.8 Å². The molecule has 0 radical (unpaired) electrons. The van der Waals surface area contributed by atoms with Gasteiger partial charge in [0.25, 0.3) is 0 Å². The molecule has 1 nitrogen and oxygen atoms in total. The van der Waals surface area contributed by atoms with Gasteiger partial charge >= 0.3 is 0 Å². The van der Waals surface area contributed by atoms with Gasteiger partial charge in [-0.1, -0.05) is 26.8 Å². The molecule has 0 spiro atoms. The van der Waals surface area contributed by atoms with Crippen LogP contribution in [-0.2, 0) is 4.79 Å². The summed E-state index contributed by atoms with van der Waals surface area (Å²) in [6.45, 7) is 5.94. The van der Waals surface area contributed by atoms with Crippen LogP contribution in [0, 0.1) is 5.41 Å². The molecule has 0 bridgehead atoms. The molecule has 1 aliphatic rings. The van der Waals surface area contributed by atoms with Crippen LogP contribution in [0.25, 0.3) is 0 Å². The first-order chi connectivity index (χ1) is 5.02. The molecule has 62 valence electrons. The summed E-state index contributed by atoms with van der Waals surface area (Å²) in [6.07, 6.45) is 5.35. The molecule has 1 heteroatoms. The summed E-state index contributed by atoms with van der Waals surface area (Å²) in [5.41, 5.74) is 0.869. The summed E-state index contributed by atoms with van der Waals surface area (Å²) >= 11 is 0. The quantitative estimate of drug-likeness (QED) is 0.564. The Kier molecular flexibility index (Phi) is 2.17. The van der Waals surface area contributed by atoms with Gasteiger partial charge in [0.2, 0.25) is 0 Å². The molecule has 0 atom stereocenters. The monoisotopic (exact) mass is 152 g/mol. The zero-order valence-corrected chi connectivity index (χ0v) is 7.61. The van der Waals surface area contributed by atoms with Crippen molar-refractivity contribution in [1.82, 2.24) is 0 Å². The number of hydrogen-bond donors (Lipinski definition) is 0. The van der Waals surface area contributed by atoms with E-state index in [1.165, 1.54) is 0 Å². The van der Waals surface area contributed by atoms with Gasteiger partial charge in [0.1, 0.15) is 0 Å². The maximum absolute atomic E-state index is 11.6. The van der Waals surface area contributed by atoms with Crippen LogP contribution >= 0.6 is 0 Å². The largest absolute Gasteiger partial charge is 0.294 e. The van der Waals surface area contributed by atoms with Crippen LogP contribution < -0.4 is 0 Å². The molecule has 0 saturated carbocycles. The molecule has 0 fully saturated rings. The standard InChI is InChI=1S/C10H16O/c1-10(2,3)9(11)8-6-4-5-7-8/h6H,4-5,7H2,1-3H3. The maximum Gasteiger partial charge on any atom is 0.163 e. The Bertz CT molecular complexity index is 193. The summed E-state index contributed by atoms with van der Waals surface area (Å²) < 4.78 is 0. The van der Waals surface area contributed by atoms with E-state index in [4.69, 9.17) is 0 Å². The average Bonchev–Trinajstić information content (AvgIpc) is 2.34. The van der Waals surface area contributed by atoms with E-state index in [0.717, 1.165) is 24.8 Å². The number of rotatable bonds is 1. The van der Waals surface area contributed by atoms with Crippen molar-refractivity contribution < 1.29 is 4.79 Å². The molecule has 0 aliphatic heterocycles. The van der Waals surface area contributed by atoms with Crippen molar-refractivity contribution in [2.24, 2.45) is 5.41 Å². The van der Waals surface area contributed by atoms with E-state index >= 15 is 0 Å². The van der Waals surface area contributed by atoms with Gasteiger partial charge in [-0.2, -0.15) is 0 Å². The topological polar surface area (TPSA) is 17.1 Å². The number of allylic oxidation sites excluding steroid dienone is 2. The molecule has 0 saturated heterocycles. The van der Waals surface area contributed by atoms with Crippen LogP contribution in [0.4, 0.5) is 0 Å². The van der Waals surface area contributed by atoms with Crippen LogP contribution in [0.1, 0.15) is 40.0 Å². The fourth-order valence-electron chi connectivity index (χ4n) is 1.36. The molecule has 0 amide bonds. The molecule has 0 heterocycles. The molecule has 11 heavy (non-hydrogen) atoms. The van der Waals surface area contributed by atoms with Crippen molar-refractivity contribution >= 4 is 5.78 Å². The van der Waals surface area contributed by atoms with Crippen molar-refractivity contribution in [3.8, 4) is 0 Å². The van der Waals surface area contributed by atoms with Crippen molar-refractivity contribution in [1.29, 1.82) is 0 Å². The predicted molar refractivity (Wildman–Crippen MR) is 46.4 cm³/mol. The zero-order chi connectivity index (χ0) is 8.48. The Morgan fingerprint density at radius 3 is 2.45 bits per heavy atom. The fourth-order valence-corrected chi connectivity index (χ4v) is 1.36. The smallest absolute Gasteiger partial charge is 0.163 e. The van der Waals surface area contributed by atoms with Crippen LogP contribution in [0.3, 0.4) is 0 Å². The third-order valence-corrected chi connectivity index (χ3v) is 2.01. The highest BCUT2D eigenvalue weighted by molar-refractivity contribution is 5.99. The molecular weight excluding hydrogens is 136 g/mol. The SMILES string of the molecule is CC(C)(C)C(=O)C1=CCCC1. The van der Waals surface area contributed by atoms with Gasteiger partial charge in [-0.05, 0) is 24.8 Å². The van der Waals surface area contributed by atoms with E-state index in [0.29, 0.717) is 5.78 Å². The van der Waals surface area contributed by atoms with Crippen LogP contribution in [0.2, 0.25) is 0 Å². The lowest BCUT2D eigenvalue weighted by molar-refractivity contribution is -0.122. The van der Waals surface area contributed by atoms with Gasteiger partial charge in [0.05, 0.1) is 0 Å². The Balaban J connectivity index is 2.68. The lowest BCUT2D eigenvalue weighted by Crippen LogP contribution is -2.21. The lowest BCUT2D eigenvalue weighted by Gasteiger charge is -2.16. The first-order valence-electron chi connectivity index (χ1n) is 4.25. The molecule has 1 rings (SSSR count). The summed E-state index contributed by atoms with van der Waals surface area (Å²) in [5, 5.41) is 0. The Morgan fingerprint density at radius 1 is 1.45 bits per heavy atom. The molecule has 0 aromatic carbocycles. The van der Waals surface area contributed by atoms with Crippen molar-refractivity contribution in [3.05, 3.63) is 11.6 Å². The predicted octanol–water partition coefficient (Wildman–Crippen LogP) is 2.71. The fraction of sp³-hybridized carbons (Fsp3) is 0.700. The Labute approximate surface area is 68.5 Å². The summed E-state index contributed by atoms with van der Waals surface area (Å²) in [6, 6.07) is 0. The van der Waals surface area contributed by atoms with Gasteiger partial charge in [-0.3, -0.25) is 4.79 Å². The zero-order valence-electron chi connectivity index (χ0n) is 7.61. The number of carbonyl (C=O) groups excluding carboxylic acids is 1. The van der Waals surface area contributed by atoms with Crippen molar-refractivity contribution in [2.45, 2.75) is 40.0 Å². The second-order valence-corrected chi connectivity index (χ2v) is 4.20. The molecule has 0 aromatic rings. The molecule has 0 N–H and O–H groups in total. The molecule has 0 unspecified atom stereocenters. The summed E-state index contributed by atoms with van der Waals surface area (Å²) in [5.74, 6) is 0.329. The Morgan fingerprint density at radius 2 is 2.09 bits per heavy atom. The normalized spacial score (nSPS) is 18.3. The van der Waals surface area contributed by atoms with E-state index in [9.17, 15) is 4.79 Å². The molecule has 0 aromatic heterocycles. The van der Waals surface area contributed by atoms with E-state index in [1.54, 1.807) is 0 Å².